The fraction of sp³-hybridized carbons (Fsp3) is 0.167. The molecule has 0 bridgehead atoms. The summed E-state index contributed by atoms with van der Waals surface area (Å²) in [4.78, 5) is 2.84. The molecule has 172 valence electrons. The number of hydrogen-bond donors (Lipinski definition) is 2. The molecule has 0 aliphatic heterocycles. The van der Waals surface area contributed by atoms with Crippen LogP contribution < -0.4 is 14.2 Å². The highest BCUT2D eigenvalue weighted by atomic mass is 32.2. The van der Waals surface area contributed by atoms with E-state index in [2.05, 4.69) is 9.71 Å². The number of fused-ring (bicyclic) bond motifs is 1. The third kappa shape index (κ3) is 4.42. The fourth-order valence-corrected chi connectivity index (χ4v) is 4.94. The Morgan fingerprint density at radius 3 is 2.45 bits per heavy atom. The molecule has 1 heterocycles. The molecular formula is C24H22F2N2O4S. The second kappa shape index (κ2) is 9.21. The highest BCUT2D eigenvalue weighted by molar-refractivity contribution is 7.89. The number of aromatic amines is 1. The number of ether oxygens (including phenoxy) is 2. The van der Waals surface area contributed by atoms with Crippen LogP contribution in [0.3, 0.4) is 0 Å². The van der Waals surface area contributed by atoms with E-state index in [1.807, 2.05) is 36.5 Å². The lowest BCUT2D eigenvalue weighted by molar-refractivity contribution is 0.350. The van der Waals surface area contributed by atoms with E-state index in [1.165, 1.54) is 14.2 Å². The maximum Gasteiger partial charge on any atom is 0.240 e. The van der Waals surface area contributed by atoms with Crippen LogP contribution in [0.2, 0.25) is 0 Å². The van der Waals surface area contributed by atoms with Crippen LogP contribution in [0.4, 0.5) is 8.78 Å². The van der Waals surface area contributed by atoms with E-state index < -0.39 is 27.6 Å². The van der Waals surface area contributed by atoms with Crippen molar-refractivity contribution in [3.05, 3.63) is 89.6 Å². The van der Waals surface area contributed by atoms with Crippen molar-refractivity contribution in [2.24, 2.45) is 0 Å². The molecule has 4 aromatic rings. The monoisotopic (exact) mass is 472 g/mol. The summed E-state index contributed by atoms with van der Waals surface area (Å²) in [7, 11) is -1.09. The van der Waals surface area contributed by atoms with Crippen LogP contribution in [0.5, 0.6) is 11.5 Å². The molecule has 0 saturated carbocycles. The van der Waals surface area contributed by atoms with Crippen molar-refractivity contribution >= 4 is 20.9 Å². The lowest BCUT2D eigenvalue weighted by Gasteiger charge is -2.22. The summed E-state index contributed by atoms with van der Waals surface area (Å²) in [6.45, 7) is -0.0628. The minimum absolute atomic E-state index is 0.0628. The highest BCUT2D eigenvalue weighted by Gasteiger charge is 2.26. The Labute approximate surface area is 190 Å². The lowest BCUT2D eigenvalue weighted by atomic mass is 9.90. The van der Waals surface area contributed by atoms with Crippen molar-refractivity contribution in [2.75, 3.05) is 20.8 Å². The van der Waals surface area contributed by atoms with E-state index in [0.29, 0.717) is 23.1 Å². The zero-order valence-corrected chi connectivity index (χ0v) is 18.7. The summed E-state index contributed by atoms with van der Waals surface area (Å²) in [5, 5.41) is 0.916. The van der Waals surface area contributed by atoms with Gasteiger partial charge < -0.3 is 14.5 Å². The molecule has 4 rings (SSSR count). The number of sulfonamides is 1. The number of benzene rings is 3. The zero-order chi connectivity index (χ0) is 23.6. The Hall–Kier alpha value is -3.43. The molecule has 1 atom stereocenters. The first-order valence-corrected chi connectivity index (χ1v) is 11.6. The second-order valence-electron chi connectivity index (χ2n) is 7.35. The van der Waals surface area contributed by atoms with Gasteiger partial charge in [0, 0.05) is 35.1 Å². The molecule has 0 spiro atoms. The molecule has 6 nitrogen and oxygen atoms in total. The molecule has 33 heavy (non-hydrogen) atoms. The van der Waals surface area contributed by atoms with Crippen LogP contribution in [0, 0.1) is 11.6 Å². The topological polar surface area (TPSA) is 80.4 Å². The number of H-pyrrole nitrogens is 1. The third-order valence-electron chi connectivity index (χ3n) is 5.48. The molecule has 0 aliphatic rings. The first-order valence-electron chi connectivity index (χ1n) is 10.1. The van der Waals surface area contributed by atoms with Gasteiger partial charge in [-0.15, -0.1) is 0 Å². The summed E-state index contributed by atoms with van der Waals surface area (Å²) in [5.74, 6) is -1.86. The van der Waals surface area contributed by atoms with Gasteiger partial charge in [0.1, 0.15) is 0 Å². The largest absolute Gasteiger partial charge is 0.493 e. The predicted molar refractivity (Wildman–Crippen MR) is 121 cm³/mol. The zero-order valence-electron chi connectivity index (χ0n) is 17.9. The molecular weight excluding hydrogens is 450 g/mol. The van der Waals surface area contributed by atoms with Gasteiger partial charge in [-0.3, -0.25) is 0 Å². The van der Waals surface area contributed by atoms with Gasteiger partial charge in [-0.05, 0) is 35.9 Å². The van der Waals surface area contributed by atoms with Gasteiger partial charge in [-0.2, -0.15) is 0 Å². The molecule has 0 amide bonds. The first-order chi connectivity index (χ1) is 15.9. The van der Waals surface area contributed by atoms with Crippen LogP contribution in [0.1, 0.15) is 17.0 Å². The number of hydrogen-bond acceptors (Lipinski definition) is 4. The lowest BCUT2D eigenvalue weighted by Crippen LogP contribution is -2.29. The Balaban J connectivity index is 1.78. The first kappa shape index (κ1) is 22.8. The van der Waals surface area contributed by atoms with E-state index in [0.717, 1.165) is 28.6 Å². The average Bonchev–Trinajstić information content (AvgIpc) is 3.24. The minimum Gasteiger partial charge on any atom is -0.493 e. The Kier molecular flexibility index (Phi) is 6.35. The summed E-state index contributed by atoms with van der Waals surface area (Å²) < 4.78 is 66.3. The van der Waals surface area contributed by atoms with Crippen molar-refractivity contribution in [1.82, 2.24) is 9.71 Å². The van der Waals surface area contributed by atoms with Crippen LogP contribution in [-0.4, -0.2) is 34.2 Å². The third-order valence-corrected chi connectivity index (χ3v) is 6.91. The number of halogens is 2. The molecule has 0 radical (unpaired) electrons. The summed E-state index contributed by atoms with van der Waals surface area (Å²) in [6.07, 6.45) is 1.82. The quantitative estimate of drug-likeness (QED) is 0.394. The van der Waals surface area contributed by atoms with Gasteiger partial charge in [0.15, 0.2) is 23.1 Å². The SMILES string of the molecule is COc1cccc(C(CNS(=O)(=O)c2ccc(F)c(F)c2)c2c[nH]c3ccccc23)c1OC. The van der Waals surface area contributed by atoms with Crippen LogP contribution >= 0.6 is 0 Å². The fourth-order valence-electron chi connectivity index (χ4n) is 3.88. The van der Waals surface area contributed by atoms with Crippen LogP contribution in [-0.2, 0) is 10.0 Å². The molecule has 0 fully saturated rings. The summed E-state index contributed by atoms with van der Waals surface area (Å²) >= 11 is 0. The molecule has 0 saturated heterocycles. The van der Waals surface area contributed by atoms with E-state index in [-0.39, 0.29) is 11.4 Å². The van der Waals surface area contributed by atoms with Gasteiger partial charge in [-0.25, -0.2) is 21.9 Å². The van der Waals surface area contributed by atoms with E-state index >= 15 is 0 Å². The standard InChI is InChI=1S/C24H22F2N2O4S/c1-31-23-9-5-7-17(24(23)32-2)19(18-13-27-22-8-4-3-6-16(18)22)14-28-33(29,30)15-10-11-20(25)21(26)12-15/h3-13,19,27-28H,14H2,1-2H3. The number of para-hydroxylation sites is 2. The molecule has 3 aromatic carbocycles. The van der Waals surface area contributed by atoms with Gasteiger partial charge >= 0.3 is 0 Å². The number of aromatic nitrogens is 1. The van der Waals surface area contributed by atoms with Crippen molar-refractivity contribution in [2.45, 2.75) is 10.8 Å². The van der Waals surface area contributed by atoms with Gasteiger partial charge in [-0.1, -0.05) is 30.3 Å². The molecule has 2 N–H and O–H groups in total. The van der Waals surface area contributed by atoms with Crippen molar-refractivity contribution in [1.29, 1.82) is 0 Å². The summed E-state index contributed by atoms with van der Waals surface area (Å²) in [5.41, 5.74) is 2.43. The van der Waals surface area contributed by atoms with Crippen molar-refractivity contribution < 1.29 is 26.7 Å². The predicted octanol–water partition coefficient (Wildman–Crippen LogP) is 4.57. The Morgan fingerprint density at radius 2 is 1.73 bits per heavy atom. The van der Waals surface area contributed by atoms with E-state index in [1.54, 1.807) is 12.1 Å². The normalized spacial score (nSPS) is 12.6. The summed E-state index contributed by atoms with van der Waals surface area (Å²) in [6, 6.07) is 15.5. The van der Waals surface area contributed by atoms with Crippen LogP contribution in [0.15, 0.2) is 71.8 Å². The van der Waals surface area contributed by atoms with Crippen LogP contribution in [0.25, 0.3) is 10.9 Å². The molecule has 9 heteroatoms. The smallest absolute Gasteiger partial charge is 0.240 e. The number of methoxy groups -OCH3 is 2. The maximum absolute atomic E-state index is 13.7. The molecule has 0 aliphatic carbocycles. The number of rotatable bonds is 8. The van der Waals surface area contributed by atoms with Gasteiger partial charge in [0.2, 0.25) is 10.0 Å². The van der Waals surface area contributed by atoms with Crippen molar-refractivity contribution in [3.63, 3.8) is 0 Å². The average molecular weight is 473 g/mol. The van der Waals surface area contributed by atoms with E-state index in [9.17, 15) is 17.2 Å². The van der Waals surface area contributed by atoms with E-state index in [4.69, 9.17) is 9.47 Å². The second-order valence-corrected chi connectivity index (χ2v) is 9.12. The minimum atomic E-state index is -4.12. The number of nitrogens with one attached hydrogen (secondary N) is 2. The molecule has 1 unspecified atom stereocenters. The van der Waals surface area contributed by atoms with Gasteiger partial charge in [0.05, 0.1) is 19.1 Å². The van der Waals surface area contributed by atoms with Gasteiger partial charge in [0.25, 0.3) is 0 Å². The Morgan fingerprint density at radius 1 is 0.939 bits per heavy atom. The Bertz CT molecular complexity index is 1400. The molecule has 1 aromatic heterocycles. The maximum atomic E-state index is 13.7. The van der Waals surface area contributed by atoms with Crippen molar-refractivity contribution in [3.8, 4) is 11.5 Å². The highest BCUT2D eigenvalue weighted by Crippen LogP contribution is 2.40.